The van der Waals surface area contributed by atoms with E-state index >= 15 is 0 Å². The molecule has 0 amide bonds. The standard InChI is InChI=1S/C10H22N2O4S/c1-12(2)8-4-3-7-11-17(15,16)9-5-6-10(13)14/h11H,3-9H2,1-2H3,(H,13,14). The van der Waals surface area contributed by atoms with Crippen LogP contribution in [0.3, 0.4) is 0 Å². The number of carboxylic acid groups (broad SMARTS) is 1. The summed E-state index contributed by atoms with van der Waals surface area (Å²) in [6, 6.07) is 0. The third kappa shape index (κ3) is 11.6. The minimum Gasteiger partial charge on any atom is -0.481 e. The highest BCUT2D eigenvalue weighted by Crippen LogP contribution is 1.96. The van der Waals surface area contributed by atoms with E-state index in [2.05, 4.69) is 4.72 Å². The molecule has 102 valence electrons. The van der Waals surface area contributed by atoms with Crippen molar-refractivity contribution in [2.45, 2.75) is 25.7 Å². The Hall–Kier alpha value is -0.660. The Morgan fingerprint density at radius 3 is 2.41 bits per heavy atom. The molecule has 7 heteroatoms. The van der Waals surface area contributed by atoms with Crippen molar-refractivity contribution in [3.05, 3.63) is 0 Å². The summed E-state index contributed by atoms with van der Waals surface area (Å²) in [4.78, 5) is 12.3. The van der Waals surface area contributed by atoms with Crippen LogP contribution in [0.5, 0.6) is 0 Å². The van der Waals surface area contributed by atoms with Crippen molar-refractivity contribution >= 4 is 16.0 Å². The fraction of sp³-hybridized carbons (Fsp3) is 0.900. The van der Waals surface area contributed by atoms with E-state index in [1.807, 2.05) is 19.0 Å². The van der Waals surface area contributed by atoms with Crippen LogP contribution in [0.1, 0.15) is 25.7 Å². The fourth-order valence-corrected chi connectivity index (χ4v) is 2.39. The molecule has 0 atom stereocenters. The van der Waals surface area contributed by atoms with Gasteiger partial charge >= 0.3 is 5.97 Å². The minimum atomic E-state index is -3.30. The lowest BCUT2D eigenvalue weighted by Gasteiger charge is -2.09. The summed E-state index contributed by atoms with van der Waals surface area (Å²) in [5, 5.41) is 8.39. The summed E-state index contributed by atoms with van der Waals surface area (Å²) < 4.78 is 25.3. The Morgan fingerprint density at radius 2 is 1.88 bits per heavy atom. The van der Waals surface area contributed by atoms with Crippen LogP contribution in [0.2, 0.25) is 0 Å². The first-order chi connectivity index (χ1) is 7.83. The molecule has 0 rings (SSSR count). The van der Waals surface area contributed by atoms with Gasteiger partial charge in [-0.05, 0) is 39.9 Å². The van der Waals surface area contributed by atoms with Gasteiger partial charge in [0, 0.05) is 13.0 Å². The number of rotatable bonds is 10. The molecule has 0 unspecified atom stereocenters. The highest BCUT2D eigenvalue weighted by atomic mass is 32.2. The van der Waals surface area contributed by atoms with Gasteiger partial charge < -0.3 is 10.0 Å². The number of unbranched alkanes of at least 4 members (excludes halogenated alkanes) is 1. The first kappa shape index (κ1) is 16.3. The van der Waals surface area contributed by atoms with Gasteiger partial charge in [-0.3, -0.25) is 4.79 Å². The molecule has 0 aliphatic rings. The zero-order valence-electron chi connectivity index (χ0n) is 10.5. The van der Waals surface area contributed by atoms with Crippen LogP contribution >= 0.6 is 0 Å². The molecule has 6 nitrogen and oxygen atoms in total. The Bertz CT molecular complexity index is 314. The van der Waals surface area contributed by atoms with E-state index in [4.69, 9.17) is 5.11 Å². The maximum Gasteiger partial charge on any atom is 0.303 e. The van der Waals surface area contributed by atoms with Gasteiger partial charge in [0.2, 0.25) is 10.0 Å². The van der Waals surface area contributed by atoms with E-state index in [1.165, 1.54) is 0 Å². The quantitative estimate of drug-likeness (QED) is 0.548. The summed E-state index contributed by atoms with van der Waals surface area (Å²) in [6.07, 6.45) is 1.77. The predicted octanol–water partition coefficient (Wildman–Crippen LogP) is 0.112. The molecule has 0 spiro atoms. The van der Waals surface area contributed by atoms with Gasteiger partial charge in [0.15, 0.2) is 0 Å². The van der Waals surface area contributed by atoms with Crippen molar-refractivity contribution in [1.29, 1.82) is 0 Å². The molecule has 0 radical (unpaired) electrons. The Kier molecular flexibility index (Phi) is 8.11. The maximum atomic E-state index is 11.4. The number of nitrogens with zero attached hydrogens (tertiary/aromatic N) is 1. The number of nitrogens with one attached hydrogen (secondary N) is 1. The van der Waals surface area contributed by atoms with Crippen molar-refractivity contribution in [2.24, 2.45) is 0 Å². The molecule has 0 heterocycles. The van der Waals surface area contributed by atoms with Crippen LogP contribution in [-0.2, 0) is 14.8 Å². The van der Waals surface area contributed by atoms with E-state index in [1.54, 1.807) is 0 Å². The van der Waals surface area contributed by atoms with Gasteiger partial charge in [0.25, 0.3) is 0 Å². The summed E-state index contributed by atoms with van der Waals surface area (Å²) in [5.74, 6) is -1.08. The second-order valence-electron chi connectivity index (χ2n) is 4.22. The van der Waals surface area contributed by atoms with Crippen LogP contribution in [0.25, 0.3) is 0 Å². The van der Waals surface area contributed by atoms with Crippen molar-refractivity contribution in [2.75, 3.05) is 32.9 Å². The van der Waals surface area contributed by atoms with Crippen LogP contribution in [-0.4, -0.2) is 57.3 Å². The summed E-state index contributed by atoms with van der Waals surface area (Å²) >= 11 is 0. The predicted molar refractivity (Wildman–Crippen MR) is 66.4 cm³/mol. The zero-order valence-corrected chi connectivity index (χ0v) is 11.3. The van der Waals surface area contributed by atoms with Crippen molar-refractivity contribution in [3.63, 3.8) is 0 Å². The number of sulfonamides is 1. The van der Waals surface area contributed by atoms with Crippen molar-refractivity contribution in [1.82, 2.24) is 9.62 Å². The number of carbonyl (C=O) groups is 1. The zero-order chi connectivity index (χ0) is 13.3. The molecule has 0 fully saturated rings. The Labute approximate surface area is 103 Å². The lowest BCUT2D eigenvalue weighted by molar-refractivity contribution is -0.137. The normalized spacial score (nSPS) is 11.9. The molecular formula is C10H22N2O4S. The van der Waals surface area contributed by atoms with Gasteiger partial charge in [-0.25, -0.2) is 13.1 Å². The fourth-order valence-electron chi connectivity index (χ4n) is 1.27. The second kappa shape index (κ2) is 8.43. The highest BCUT2D eigenvalue weighted by Gasteiger charge is 2.10. The Morgan fingerprint density at radius 1 is 1.24 bits per heavy atom. The summed E-state index contributed by atoms with van der Waals surface area (Å²) in [7, 11) is 0.632. The molecule has 0 aliphatic carbocycles. The molecule has 0 aromatic rings. The molecule has 2 N–H and O–H groups in total. The number of carboxylic acids is 1. The average Bonchev–Trinajstić information content (AvgIpc) is 2.15. The molecular weight excluding hydrogens is 244 g/mol. The molecule has 0 aliphatic heterocycles. The van der Waals surface area contributed by atoms with Crippen LogP contribution in [0.15, 0.2) is 0 Å². The first-order valence-electron chi connectivity index (χ1n) is 5.67. The lowest BCUT2D eigenvalue weighted by Crippen LogP contribution is -2.28. The van der Waals surface area contributed by atoms with Crippen LogP contribution in [0, 0.1) is 0 Å². The number of hydrogen-bond donors (Lipinski definition) is 2. The molecule has 0 aromatic heterocycles. The van der Waals surface area contributed by atoms with Gasteiger partial charge in [-0.1, -0.05) is 0 Å². The molecule has 17 heavy (non-hydrogen) atoms. The third-order valence-electron chi connectivity index (χ3n) is 2.16. The summed E-state index contributed by atoms with van der Waals surface area (Å²) in [6.45, 7) is 1.35. The van der Waals surface area contributed by atoms with E-state index in [0.29, 0.717) is 6.54 Å². The van der Waals surface area contributed by atoms with E-state index < -0.39 is 16.0 Å². The number of aliphatic carboxylic acids is 1. The SMILES string of the molecule is CN(C)CCCCNS(=O)(=O)CCCC(=O)O. The number of hydrogen-bond acceptors (Lipinski definition) is 4. The molecule has 0 aromatic carbocycles. The van der Waals surface area contributed by atoms with E-state index in [9.17, 15) is 13.2 Å². The second-order valence-corrected chi connectivity index (χ2v) is 6.15. The average molecular weight is 266 g/mol. The van der Waals surface area contributed by atoms with E-state index in [0.717, 1.165) is 19.4 Å². The van der Waals surface area contributed by atoms with Crippen LogP contribution < -0.4 is 4.72 Å². The Balaban J connectivity index is 3.61. The van der Waals surface area contributed by atoms with Crippen LogP contribution in [0.4, 0.5) is 0 Å². The van der Waals surface area contributed by atoms with Gasteiger partial charge in [-0.2, -0.15) is 0 Å². The van der Waals surface area contributed by atoms with Gasteiger partial charge in [-0.15, -0.1) is 0 Å². The highest BCUT2D eigenvalue weighted by molar-refractivity contribution is 7.89. The molecule has 0 saturated carbocycles. The smallest absolute Gasteiger partial charge is 0.303 e. The lowest BCUT2D eigenvalue weighted by atomic mass is 10.3. The van der Waals surface area contributed by atoms with Gasteiger partial charge in [0.1, 0.15) is 0 Å². The van der Waals surface area contributed by atoms with Crippen molar-refractivity contribution in [3.8, 4) is 0 Å². The van der Waals surface area contributed by atoms with E-state index in [-0.39, 0.29) is 18.6 Å². The van der Waals surface area contributed by atoms with Crippen molar-refractivity contribution < 1.29 is 18.3 Å². The minimum absolute atomic E-state index is 0.110. The third-order valence-corrected chi connectivity index (χ3v) is 3.63. The van der Waals surface area contributed by atoms with Gasteiger partial charge in [0.05, 0.1) is 5.75 Å². The topological polar surface area (TPSA) is 86.7 Å². The monoisotopic (exact) mass is 266 g/mol. The molecule has 0 bridgehead atoms. The summed E-state index contributed by atoms with van der Waals surface area (Å²) in [5.41, 5.74) is 0. The first-order valence-corrected chi connectivity index (χ1v) is 7.32. The maximum absolute atomic E-state index is 11.4. The largest absolute Gasteiger partial charge is 0.481 e. The molecule has 0 saturated heterocycles.